The number of benzene rings is 2. The molecule has 0 aliphatic heterocycles. The lowest BCUT2D eigenvalue weighted by Crippen LogP contribution is -2.37. The third kappa shape index (κ3) is 3.79. The van der Waals surface area contributed by atoms with Crippen molar-refractivity contribution >= 4 is 22.8 Å². The molecule has 0 saturated heterocycles. The Kier molecular flexibility index (Phi) is 5.40. The predicted molar refractivity (Wildman–Crippen MR) is 98.3 cm³/mol. The maximum Gasteiger partial charge on any atom is 0.273 e. The highest BCUT2D eigenvalue weighted by atomic mass is 16.3. The zero-order valence-electron chi connectivity index (χ0n) is 14.1. The third-order valence-electron chi connectivity index (χ3n) is 4.06. The first kappa shape index (κ1) is 17.8. The standard InChI is InChI=1S/C19H20N4O3/c20-19-21-15-9-5-4-8-14(15)17(22-19)18(26)23(10-11-24)12-16(25)13-6-2-1-3-7-13/h1-9,16,24-25H,10-12H2,(H2,20,21,22). The van der Waals surface area contributed by atoms with Gasteiger partial charge in [-0.15, -0.1) is 0 Å². The summed E-state index contributed by atoms with van der Waals surface area (Å²) < 4.78 is 0. The van der Waals surface area contributed by atoms with Gasteiger partial charge in [-0.3, -0.25) is 4.79 Å². The number of aliphatic hydroxyl groups excluding tert-OH is 2. The molecule has 0 aliphatic rings. The molecule has 0 bridgehead atoms. The molecule has 0 saturated carbocycles. The Balaban J connectivity index is 1.92. The molecule has 3 rings (SSSR count). The smallest absolute Gasteiger partial charge is 0.273 e. The van der Waals surface area contributed by atoms with Gasteiger partial charge in [0.1, 0.15) is 5.69 Å². The SMILES string of the molecule is Nc1nc(C(=O)N(CCO)CC(O)c2ccccc2)c2ccccc2n1. The Labute approximate surface area is 150 Å². The minimum absolute atomic E-state index is 0.000365. The molecule has 4 N–H and O–H groups in total. The molecule has 2 aromatic carbocycles. The average molecular weight is 352 g/mol. The number of nitrogens with two attached hydrogens (primary N) is 1. The van der Waals surface area contributed by atoms with E-state index in [9.17, 15) is 15.0 Å². The molecule has 0 spiro atoms. The fourth-order valence-electron chi connectivity index (χ4n) is 2.79. The van der Waals surface area contributed by atoms with Crippen molar-refractivity contribution in [2.45, 2.75) is 6.10 Å². The number of fused-ring (bicyclic) bond motifs is 1. The van der Waals surface area contributed by atoms with Gasteiger partial charge in [-0.05, 0) is 11.6 Å². The van der Waals surface area contributed by atoms with Gasteiger partial charge in [0.2, 0.25) is 5.95 Å². The van der Waals surface area contributed by atoms with Crippen molar-refractivity contribution in [3.05, 3.63) is 65.9 Å². The van der Waals surface area contributed by atoms with Crippen LogP contribution in [-0.2, 0) is 0 Å². The number of hydrogen-bond acceptors (Lipinski definition) is 6. The van der Waals surface area contributed by atoms with Crippen molar-refractivity contribution < 1.29 is 15.0 Å². The summed E-state index contributed by atoms with van der Waals surface area (Å²) in [5.41, 5.74) is 7.15. The monoisotopic (exact) mass is 352 g/mol. The van der Waals surface area contributed by atoms with Crippen LogP contribution in [0.15, 0.2) is 54.6 Å². The van der Waals surface area contributed by atoms with Crippen LogP contribution in [0, 0.1) is 0 Å². The number of amides is 1. The minimum atomic E-state index is -0.878. The maximum absolute atomic E-state index is 13.0. The molecule has 3 aromatic rings. The van der Waals surface area contributed by atoms with E-state index in [4.69, 9.17) is 5.73 Å². The highest BCUT2D eigenvalue weighted by Gasteiger charge is 2.23. The topological polar surface area (TPSA) is 113 Å². The zero-order valence-corrected chi connectivity index (χ0v) is 14.1. The summed E-state index contributed by atoms with van der Waals surface area (Å²) in [7, 11) is 0. The summed E-state index contributed by atoms with van der Waals surface area (Å²) in [6.07, 6.45) is -0.878. The van der Waals surface area contributed by atoms with Crippen molar-refractivity contribution in [2.24, 2.45) is 0 Å². The van der Waals surface area contributed by atoms with Gasteiger partial charge in [0.15, 0.2) is 0 Å². The predicted octanol–water partition coefficient (Wildman–Crippen LogP) is 1.38. The van der Waals surface area contributed by atoms with Gasteiger partial charge < -0.3 is 20.8 Å². The van der Waals surface area contributed by atoms with Crippen molar-refractivity contribution in [1.29, 1.82) is 0 Å². The highest BCUT2D eigenvalue weighted by molar-refractivity contribution is 6.04. The van der Waals surface area contributed by atoms with Crippen LogP contribution >= 0.6 is 0 Å². The second-order valence-corrected chi connectivity index (χ2v) is 5.85. The Morgan fingerprint density at radius 1 is 1.08 bits per heavy atom. The largest absolute Gasteiger partial charge is 0.395 e. The van der Waals surface area contributed by atoms with E-state index in [1.165, 1.54) is 4.90 Å². The van der Waals surface area contributed by atoms with Crippen molar-refractivity contribution in [3.63, 3.8) is 0 Å². The first-order valence-electron chi connectivity index (χ1n) is 8.25. The molecule has 134 valence electrons. The van der Waals surface area contributed by atoms with E-state index in [0.717, 1.165) is 0 Å². The first-order valence-corrected chi connectivity index (χ1v) is 8.25. The highest BCUT2D eigenvalue weighted by Crippen LogP contribution is 2.20. The Morgan fingerprint density at radius 3 is 2.50 bits per heavy atom. The van der Waals surface area contributed by atoms with Crippen LogP contribution in [0.1, 0.15) is 22.2 Å². The molecule has 7 nitrogen and oxygen atoms in total. The van der Waals surface area contributed by atoms with E-state index in [1.54, 1.807) is 36.4 Å². The van der Waals surface area contributed by atoms with E-state index in [1.807, 2.05) is 18.2 Å². The van der Waals surface area contributed by atoms with Crippen LogP contribution in [-0.4, -0.2) is 50.7 Å². The second-order valence-electron chi connectivity index (χ2n) is 5.85. The lowest BCUT2D eigenvalue weighted by atomic mass is 10.1. The van der Waals surface area contributed by atoms with E-state index >= 15 is 0 Å². The molecule has 0 fully saturated rings. The van der Waals surface area contributed by atoms with Crippen LogP contribution in [0.25, 0.3) is 10.9 Å². The lowest BCUT2D eigenvalue weighted by molar-refractivity contribution is 0.0574. The minimum Gasteiger partial charge on any atom is -0.395 e. The number of nitrogens with zero attached hydrogens (tertiary/aromatic N) is 3. The number of para-hydroxylation sites is 1. The fraction of sp³-hybridized carbons (Fsp3) is 0.211. The molecular weight excluding hydrogens is 332 g/mol. The normalized spacial score (nSPS) is 12.1. The van der Waals surface area contributed by atoms with Gasteiger partial charge in [0, 0.05) is 11.9 Å². The van der Waals surface area contributed by atoms with Crippen molar-refractivity contribution in [2.75, 3.05) is 25.4 Å². The molecule has 1 aromatic heterocycles. The average Bonchev–Trinajstić information content (AvgIpc) is 2.67. The molecule has 26 heavy (non-hydrogen) atoms. The number of nitrogen functional groups attached to an aromatic ring is 1. The molecular formula is C19H20N4O3. The molecule has 0 aliphatic carbocycles. The Hall–Kier alpha value is -3.03. The van der Waals surface area contributed by atoms with Crippen molar-refractivity contribution in [3.8, 4) is 0 Å². The van der Waals surface area contributed by atoms with Crippen LogP contribution in [0.5, 0.6) is 0 Å². The number of hydrogen-bond donors (Lipinski definition) is 3. The second kappa shape index (κ2) is 7.90. The van der Waals surface area contributed by atoms with E-state index < -0.39 is 12.0 Å². The number of aliphatic hydroxyl groups is 2. The zero-order chi connectivity index (χ0) is 18.5. The lowest BCUT2D eigenvalue weighted by Gasteiger charge is -2.25. The first-order chi connectivity index (χ1) is 12.6. The number of rotatable bonds is 6. The molecule has 1 atom stereocenters. The maximum atomic E-state index is 13.0. The van der Waals surface area contributed by atoms with Crippen LogP contribution in [0.2, 0.25) is 0 Å². The van der Waals surface area contributed by atoms with Gasteiger partial charge in [0.05, 0.1) is 24.8 Å². The van der Waals surface area contributed by atoms with Gasteiger partial charge >= 0.3 is 0 Å². The molecule has 7 heteroatoms. The molecule has 0 radical (unpaired) electrons. The third-order valence-corrected chi connectivity index (χ3v) is 4.06. The fourth-order valence-corrected chi connectivity index (χ4v) is 2.79. The number of anilines is 1. The Morgan fingerprint density at radius 2 is 1.77 bits per heavy atom. The summed E-state index contributed by atoms with van der Waals surface area (Å²) in [6.45, 7) is -0.131. The summed E-state index contributed by atoms with van der Waals surface area (Å²) >= 11 is 0. The van der Waals surface area contributed by atoms with Gasteiger partial charge in [-0.1, -0.05) is 48.5 Å². The summed E-state index contributed by atoms with van der Waals surface area (Å²) in [5, 5.41) is 20.4. The van der Waals surface area contributed by atoms with Crippen molar-refractivity contribution in [1.82, 2.24) is 14.9 Å². The molecule has 1 heterocycles. The number of aromatic nitrogens is 2. The quantitative estimate of drug-likeness (QED) is 0.618. The summed E-state index contributed by atoms with van der Waals surface area (Å²) in [6, 6.07) is 16.1. The summed E-state index contributed by atoms with van der Waals surface area (Å²) in [5.74, 6) is -0.418. The molecule has 1 amide bonds. The number of carbonyl (C=O) groups is 1. The van der Waals surface area contributed by atoms with E-state index in [0.29, 0.717) is 16.5 Å². The van der Waals surface area contributed by atoms with Crippen LogP contribution < -0.4 is 5.73 Å². The van der Waals surface area contributed by atoms with Gasteiger partial charge in [0.25, 0.3) is 5.91 Å². The van der Waals surface area contributed by atoms with Gasteiger partial charge in [-0.2, -0.15) is 0 Å². The Bertz CT molecular complexity index is 902. The van der Waals surface area contributed by atoms with Crippen LogP contribution in [0.3, 0.4) is 0 Å². The van der Waals surface area contributed by atoms with E-state index in [2.05, 4.69) is 9.97 Å². The summed E-state index contributed by atoms with van der Waals surface area (Å²) in [4.78, 5) is 22.6. The van der Waals surface area contributed by atoms with Gasteiger partial charge in [-0.25, -0.2) is 9.97 Å². The molecule has 1 unspecified atom stereocenters. The van der Waals surface area contributed by atoms with E-state index in [-0.39, 0.29) is 31.3 Å². The number of carbonyl (C=O) groups excluding carboxylic acids is 1. The van der Waals surface area contributed by atoms with Crippen LogP contribution in [0.4, 0.5) is 5.95 Å².